The molecule has 0 radical (unpaired) electrons. The maximum absolute atomic E-state index is 11.5. The van der Waals surface area contributed by atoms with Crippen molar-refractivity contribution >= 4 is 11.9 Å². The number of quaternary nitrogens is 1. The zero-order chi connectivity index (χ0) is 12.9. The summed E-state index contributed by atoms with van der Waals surface area (Å²) >= 11 is 0. The van der Waals surface area contributed by atoms with Gasteiger partial charge in [0.2, 0.25) is 0 Å². The lowest BCUT2D eigenvalue weighted by molar-refractivity contribution is -0.559. The SMILES string of the molecule is [2H][N+]([2H])(CC(=O)O)C(=O)CCc1ccccc1. The van der Waals surface area contributed by atoms with Crippen LogP contribution in [-0.2, 0) is 16.0 Å². The van der Waals surface area contributed by atoms with Crippen LogP contribution in [-0.4, -0.2) is 23.5 Å². The first-order valence-electron chi connectivity index (χ1n) is 5.54. The lowest BCUT2D eigenvalue weighted by Crippen LogP contribution is -2.89. The minimum atomic E-state index is -1.61. The first-order chi connectivity index (χ1) is 7.92. The van der Waals surface area contributed by atoms with Crippen molar-refractivity contribution in [2.45, 2.75) is 12.8 Å². The lowest BCUT2D eigenvalue weighted by Gasteiger charge is -1.98. The zero-order valence-electron chi connectivity index (χ0n) is 10.2. The minimum absolute atomic E-state index is 0.00963. The second-order valence-corrected chi connectivity index (χ2v) is 3.09. The van der Waals surface area contributed by atoms with Crippen LogP contribution < -0.4 is 5.30 Å². The Morgan fingerprint density at radius 2 is 2.00 bits per heavy atom. The summed E-state index contributed by atoms with van der Waals surface area (Å²) in [6.45, 7) is -0.840. The number of amides is 1. The van der Waals surface area contributed by atoms with Crippen LogP contribution >= 0.6 is 0 Å². The van der Waals surface area contributed by atoms with E-state index in [9.17, 15) is 9.59 Å². The fourth-order valence-electron chi connectivity index (χ4n) is 1.13. The number of benzene rings is 1. The molecule has 0 spiro atoms. The highest BCUT2D eigenvalue weighted by molar-refractivity contribution is 5.71. The van der Waals surface area contributed by atoms with Crippen molar-refractivity contribution in [3.05, 3.63) is 35.9 Å². The number of aryl methyl sites for hydroxylation is 1. The Morgan fingerprint density at radius 3 is 2.60 bits per heavy atom. The third kappa shape index (κ3) is 4.93. The summed E-state index contributed by atoms with van der Waals surface area (Å²) in [5.41, 5.74) is 0.927. The van der Waals surface area contributed by atoms with E-state index in [0.717, 1.165) is 5.56 Å². The van der Waals surface area contributed by atoms with Gasteiger partial charge in [-0.1, -0.05) is 30.3 Å². The van der Waals surface area contributed by atoms with Crippen molar-refractivity contribution in [3.8, 4) is 0 Å². The number of carbonyl (C=O) groups is 2. The van der Waals surface area contributed by atoms with Gasteiger partial charge in [0.15, 0.2) is 6.54 Å². The average molecular weight is 210 g/mol. The first-order valence-corrected chi connectivity index (χ1v) is 4.64. The predicted molar refractivity (Wildman–Crippen MR) is 54.2 cm³/mol. The second-order valence-electron chi connectivity index (χ2n) is 3.09. The molecule has 0 aromatic heterocycles. The topological polar surface area (TPSA) is 71.0 Å². The highest BCUT2D eigenvalue weighted by Gasteiger charge is 2.08. The highest BCUT2D eigenvalue weighted by Crippen LogP contribution is 2.00. The van der Waals surface area contributed by atoms with Crippen LogP contribution in [0.2, 0.25) is 2.82 Å². The largest absolute Gasteiger partial charge is 0.477 e. The molecule has 0 fully saturated rings. The second kappa shape index (κ2) is 5.93. The third-order valence-corrected chi connectivity index (χ3v) is 1.86. The van der Waals surface area contributed by atoms with Gasteiger partial charge in [-0.25, -0.2) is 9.59 Å². The summed E-state index contributed by atoms with van der Waals surface area (Å²) in [5.74, 6) is -2.06. The van der Waals surface area contributed by atoms with E-state index in [4.69, 9.17) is 7.93 Å². The van der Waals surface area contributed by atoms with Gasteiger partial charge in [-0.15, -0.1) is 0 Å². The Balaban J connectivity index is 2.52. The summed E-state index contributed by atoms with van der Waals surface area (Å²) in [6.07, 6.45) is 0.404. The van der Waals surface area contributed by atoms with Gasteiger partial charge in [0.25, 0.3) is 0 Å². The van der Waals surface area contributed by atoms with E-state index in [1.165, 1.54) is 0 Å². The van der Waals surface area contributed by atoms with Crippen LogP contribution in [0, 0.1) is 0 Å². The Morgan fingerprint density at radius 1 is 1.33 bits per heavy atom. The van der Waals surface area contributed by atoms with Crippen molar-refractivity contribution < 1.29 is 22.8 Å². The van der Waals surface area contributed by atoms with E-state index in [1.807, 2.05) is 30.3 Å². The molecular weight excluding hydrogens is 194 g/mol. The van der Waals surface area contributed by atoms with Gasteiger partial charge < -0.3 is 5.11 Å². The van der Waals surface area contributed by atoms with Gasteiger partial charge >= 0.3 is 14.7 Å². The van der Waals surface area contributed by atoms with E-state index in [2.05, 4.69) is 0 Å². The van der Waals surface area contributed by atoms with Crippen molar-refractivity contribution in [3.63, 3.8) is 0 Å². The molecule has 1 aromatic carbocycles. The van der Waals surface area contributed by atoms with Gasteiger partial charge in [-0.05, 0) is 12.0 Å². The summed E-state index contributed by atoms with van der Waals surface area (Å²) in [7, 11) is 0. The molecule has 0 heterocycles. The number of rotatable bonds is 5. The van der Waals surface area contributed by atoms with Crippen LogP contribution in [0.3, 0.4) is 0 Å². The van der Waals surface area contributed by atoms with Gasteiger partial charge in [-0.3, -0.25) is 5.30 Å². The number of carbonyl (C=O) groups excluding carboxylic acids is 1. The highest BCUT2D eigenvalue weighted by atomic mass is 16.4. The number of hydrogen-bond acceptors (Lipinski definition) is 2. The van der Waals surface area contributed by atoms with Crippen LogP contribution in [0.25, 0.3) is 0 Å². The van der Waals surface area contributed by atoms with Gasteiger partial charge in [0.1, 0.15) is 0 Å². The number of carboxylic acids is 1. The average Bonchev–Trinajstić information content (AvgIpc) is 2.25. The standard InChI is InChI=1S/C11H13NO3/c13-10(12-8-11(14)15)7-6-9-4-2-1-3-5-9/h1-5H,6-8H2,(H,12,13)(H,14,15)/p+1/i/hD2. The predicted octanol–water partition coefficient (Wildman–Crippen LogP) is -0.206. The van der Waals surface area contributed by atoms with Gasteiger partial charge in [0, 0.05) is 0 Å². The first kappa shape index (κ1) is 8.61. The summed E-state index contributed by atoms with van der Waals surface area (Å²) < 4.78 is 14.6. The molecular formula is C11H14NO3+. The molecule has 80 valence electrons. The molecule has 0 saturated heterocycles. The molecule has 0 aliphatic rings. The van der Waals surface area contributed by atoms with E-state index >= 15 is 0 Å². The number of nitrogens with two attached hydrogens (primary N) is 1. The fourth-order valence-corrected chi connectivity index (χ4v) is 1.13. The quantitative estimate of drug-likeness (QED) is 0.706. The summed E-state index contributed by atoms with van der Waals surface area (Å²) in [6, 6.07) is 9.20. The minimum Gasteiger partial charge on any atom is -0.477 e. The molecule has 4 heteroatoms. The maximum Gasteiger partial charge on any atom is 0.359 e. The number of primary amides is 1. The summed E-state index contributed by atoms with van der Waals surface area (Å²) in [4.78, 5) is 21.9. The fraction of sp³-hybridized carbons (Fsp3) is 0.273. The molecule has 3 N–H and O–H groups in total. The number of hydrogen-bond donors (Lipinski definition) is 2. The number of aliphatic carboxylic acids is 1. The van der Waals surface area contributed by atoms with E-state index in [1.54, 1.807) is 0 Å². The summed E-state index contributed by atoms with van der Waals surface area (Å²) in [5, 5.41) is 6.87. The van der Waals surface area contributed by atoms with Crippen LogP contribution in [0.1, 0.15) is 12.0 Å². The number of carboxylic acid groups (broad SMARTS) is 1. The molecule has 0 atom stereocenters. The molecule has 0 saturated carbocycles. The third-order valence-electron chi connectivity index (χ3n) is 1.86. The van der Waals surface area contributed by atoms with Gasteiger partial charge in [0.05, 0.1) is 6.42 Å². The monoisotopic (exact) mass is 210 g/mol. The Bertz CT molecular complexity index is 406. The zero-order valence-corrected chi connectivity index (χ0v) is 8.22. The molecule has 4 nitrogen and oxygen atoms in total. The molecule has 0 bridgehead atoms. The molecule has 0 aliphatic heterocycles. The molecule has 1 aromatic rings. The molecule has 1 amide bonds. The Labute approximate surface area is 90.8 Å². The Kier molecular flexibility index (Phi) is 3.40. The van der Waals surface area contributed by atoms with E-state index in [-0.39, 0.29) is 6.42 Å². The molecule has 0 aliphatic carbocycles. The normalized spacial score (nSPS) is 12.8. The van der Waals surface area contributed by atoms with Crippen LogP contribution in [0.5, 0.6) is 0 Å². The maximum atomic E-state index is 11.5. The lowest BCUT2D eigenvalue weighted by atomic mass is 10.1. The molecule has 15 heavy (non-hydrogen) atoms. The van der Waals surface area contributed by atoms with Crippen molar-refractivity contribution in [2.24, 2.45) is 0 Å². The van der Waals surface area contributed by atoms with Gasteiger partial charge in [-0.2, -0.15) is 0 Å². The van der Waals surface area contributed by atoms with Crippen LogP contribution in [0.15, 0.2) is 30.3 Å². The smallest absolute Gasteiger partial charge is 0.359 e. The molecule has 0 unspecified atom stereocenters. The van der Waals surface area contributed by atoms with Crippen LogP contribution in [0.4, 0.5) is 0 Å². The van der Waals surface area contributed by atoms with Crippen molar-refractivity contribution in [2.75, 3.05) is 6.54 Å². The van der Waals surface area contributed by atoms with E-state index < -0.39 is 23.7 Å². The van der Waals surface area contributed by atoms with Crippen molar-refractivity contribution in [1.82, 2.24) is 0 Å². The van der Waals surface area contributed by atoms with E-state index in [0.29, 0.717) is 6.42 Å². The van der Waals surface area contributed by atoms with Crippen molar-refractivity contribution in [1.29, 1.82) is 0 Å². The Hall–Kier alpha value is -1.68. The molecule has 1 rings (SSSR count).